The lowest BCUT2D eigenvalue weighted by Gasteiger charge is -2.18. The van der Waals surface area contributed by atoms with Gasteiger partial charge in [0.1, 0.15) is 5.75 Å². The van der Waals surface area contributed by atoms with Crippen molar-refractivity contribution in [3.05, 3.63) is 29.3 Å². The molecule has 0 spiro atoms. The summed E-state index contributed by atoms with van der Waals surface area (Å²) in [4.78, 5) is 0. The number of aliphatic hydroxyl groups excluding tert-OH is 2. The van der Waals surface area contributed by atoms with Crippen molar-refractivity contribution < 1.29 is 14.9 Å². The third kappa shape index (κ3) is 1.81. The number of ether oxygens (including phenoxy) is 1. The first-order chi connectivity index (χ1) is 7.81. The number of aliphatic hydroxyl groups is 2. The van der Waals surface area contributed by atoms with Gasteiger partial charge in [-0.15, -0.1) is 0 Å². The number of fused-ring (bicyclic) bond motifs is 1. The maximum Gasteiger partial charge on any atom is 0.122 e. The molecule has 0 fully saturated rings. The molecule has 0 unspecified atom stereocenters. The second kappa shape index (κ2) is 4.85. The Morgan fingerprint density at radius 2 is 2.19 bits per heavy atom. The third-order valence-electron chi connectivity index (χ3n) is 3.47. The molecular weight excluding hydrogens is 204 g/mol. The predicted octanol–water partition coefficient (Wildman–Crippen LogP) is 1.33. The van der Waals surface area contributed by atoms with E-state index in [0.29, 0.717) is 6.42 Å². The molecule has 0 radical (unpaired) electrons. The molecule has 1 aliphatic rings. The van der Waals surface area contributed by atoms with Crippen LogP contribution in [0.25, 0.3) is 0 Å². The van der Waals surface area contributed by atoms with Crippen molar-refractivity contribution in [1.29, 1.82) is 0 Å². The summed E-state index contributed by atoms with van der Waals surface area (Å²) >= 11 is 0. The summed E-state index contributed by atoms with van der Waals surface area (Å²) in [5.74, 6) is 1.33. The molecule has 0 saturated heterocycles. The van der Waals surface area contributed by atoms with Crippen LogP contribution < -0.4 is 4.74 Å². The van der Waals surface area contributed by atoms with E-state index in [1.165, 1.54) is 11.1 Å². The number of methoxy groups -OCH3 is 1. The average molecular weight is 222 g/mol. The van der Waals surface area contributed by atoms with Gasteiger partial charge in [0, 0.05) is 18.8 Å². The lowest BCUT2D eigenvalue weighted by atomic mass is 9.90. The quantitative estimate of drug-likeness (QED) is 0.808. The molecule has 16 heavy (non-hydrogen) atoms. The standard InChI is InChI=1S/C13H18O3/c1-16-12-4-2-3-9-7-10(8-15)11(5-6-14)13(9)12/h2-4,10-11,14-15H,5-8H2,1H3/t10-,11-/m1/s1. The fraction of sp³-hybridized carbons (Fsp3) is 0.538. The average Bonchev–Trinajstić information content (AvgIpc) is 2.68. The largest absolute Gasteiger partial charge is 0.496 e. The zero-order chi connectivity index (χ0) is 11.5. The second-order valence-electron chi connectivity index (χ2n) is 4.30. The molecule has 2 N–H and O–H groups in total. The molecule has 2 atom stereocenters. The smallest absolute Gasteiger partial charge is 0.122 e. The van der Waals surface area contributed by atoms with Gasteiger partial charge in [0.15, 0.2) is 0 Å². The molecular formula is C13H18O3. The Morgan fingerprint density at radius 3 is 2.81 bits per heavy atom. The Kier molecular flexibility index (Phi) is 3.46. The van der Waals surface area contributed by atoms with E-state index in [-0.39, 0.29) is 25.0 Å². The molecule has 2 rings (SSSR count). The Balaban J connectivity index is 2.39. The predicted molar refractivity (Wildman–Crippen MR) is 61.7 cm³/mol. The van der Waals surface area contributed by atoms with Gasteiger partial charge >= 0.3 is 0 Å². The highest BCUT2D eigenvalue weighted by Gasteiger charge is 2.33. The van der Waals surface area contributed by atoms with Gasteiger partial charge < -0.3 is 14.9 Å². The number of hydrogen-bond donors (Lipinski definition) is 2. The van der Waals surface area contributed by atoms with E-state index in [4.69, 9.17) is 9.84 Å². The summed E-state index contributed by atoms with van der Waals surface area (Å²) in [6.07, 6.45) is 1.58. The Labute approximate surface area is 95.7 Å². The topological polar surface area (TPSA) is 49.7 Å². The number of benzene rings is 1. The van der Waals surface area contributed by atoms with Crippen LogP contribution in [-0.2, 0) is 6.42 Å². The fourth-order valence-electron chi connectivity index (χ4n) is 2.74. The highest BCUT2D eigenvalue weighted by atomic mass is 16.5. The minimum Gasteiger partial charge on any atom is -0.496 e. The van der Waals surface area contributed by atoms with Gasteiger partial charge in [-0.25, -0.2) is 0 Å². The van der Waals surface area contributed by atoms with Crippen LogP contribution in [0, 0.1) is 5.92 Å². The van der Waals surface area contributed by atoms with Crippen LogP contribution in [0.15, 0.2) is 18.2 Å². The lowest BCUT2D eigenvalue weighted by Crippen LogP contribution is -2.14. The third-order valence-corrected chi connectivity index (χ3v) is 3.47. The zero-order valence-electron chi connectivity index (χ0n) is 9.52. The van der Waals surface area contributed by atoms with Crippen LogP contribution in [0.1, 0.15) is 23.5 Å². The van der Waals surface area contributed by atoms with Gasteiger partial charge in [0.25, 0.3) is 0 Å². The summed E-state index contributed by atoms with van der Waals surface area (Å²) in [6.45, 7) is 0.321. The fourth-order valence-corrected chi connectivity index (χ4v) is 2.74. The summed E-state index contributed by atoms with van der Waals surface area (Å²) in [7, 11) is 1.66. The van der Waals surface area contributed by atoms with E-state index < -0.39 is 0 Å². The van der Waals surface area contributed by atoms with Crippen LogP contribution in [0.2, 0.25) is 0 Å². The minimum atomic E-state index is 0.151. The Hall–Kier alpha value is -1.06. The van der Waals surface area contributed by atoms with Gasteiger partial charge in [0.05, 0.1) is 7.11 Å². The highest BCUT2D eigenvalue weighted by molar-refractivity contribution is 5.46. The van der Waals surface area contributed by atoms with E-state index in [1.54, 1.807) is 7.11 Å². The SMILES string of the molecule is COc1cccc2c1[C@H](CCO)[C@@H](CO)C2. The highest BCUT2D eigenvalue weighted by Crippen LogP contribution is 2.44. The van der Waals surface area contributed by atoms with Crippen molar-refractivity contribution in [2.45, 2.75) is 18.8 Å². The maximum atomic E-state index is 9.38. The minimum absolute atomic E-state index is 0.151. The van der Waals surface area contributed by atoms with Crippen molar-refractivity contribution in [2.75, 3.05) is 20.3 Å². The Morgan fingerprint density at radius 1 is 1.38 bits per heavy atom. The van der Waals surface area contributed by atoms with E-state index >= 15 is 0 Å². The monoisotopic (exact) mass is 222 g/mol. The number of hydrogen-bond acceptors (Lipinski definition) is 3. The summed E-state index contributed by atoms with van der Waals surface area (Å²) in [5.41, 5.74) is 2.43. The van der Waals surface area contributed by atoms with E-state index in [2.05, 4.69) is 6.07 Å². The summed E-state index contributed by atoms with van der Waals surface area (Å²) < 4.78 is 5.36. The Bertz CT molecular complexity index is 362. The molecule has 0 saturated carbocycles. The molecule has 3 nitrogen and oxygen atoms in total. The summed E-state index contributed by atoms with van der Waals surface area (Å²) in [5, 5.41) is 18.5. The second-order valence-corrected chi connectivity index (χ2v) is 4.30. The first-order valence-corrected chi connectivity index (χ1v) is 5.69. The van der Waals surface area contributed by atoms with Gasteiger partial charge in [-0.1, -0.05) is 12.1 Å². The van der Waals surface area contributed by atoms with Gasteiger partial charge in [-0.2, -0.15) is 0 Å². The molecule has 0 heterocycles. The van der Waals surface area contributed by atoms with Crippen molar-refractivity contribution in [1.82, 2.24) is 0 Å². The normalized spacial score (nSPS) is 23.2. The molecule has 0 amide bonds. The van der Waals surface area contributed by atoms with Crippen LogP contribution in [0.5, 0.6) is 5.75 Å². The van der Waals surface area contributed by atoms with E-state index in [1.807, 2.05) is 12.1 Å². The molecule has 0 bridgehead atoms. The first kappa shape index (κ1) is 11.4. The van der Waals surface area contributed by atoms with Gasteiger partial charge in [-0.05, 0) is 36.3 Å². The van der Waals surface area contributed by atoms with E-state index in [9.17, 15) is 5.11 Å². The van der Waals surface area contributed by atoms with Gasteiger partial charge in [0.2, 0.25) is 0 Å². The van der Waals surface area contributed by atoms with Gasteiger partial charge in [-0.3, -0.25) is 0 Å². The first-order valence-electron chi connectivity index (χ1n) is 5.69. The molecule has 0 aliphatic heterocycles. The van der Waals surface area contributed by atoms with E-state index in [0.717, 1.165) is 12.2 Å². The zero-order valence-corrected chi connectivity index (χ0v) is 9.52. The molecule has 1 aromatic rings. The molecule has 3 heteroatoms. The van der Waals surface area contributed by atoms with Crippen LogP contribution in [0.4, 0.5) is 0 Å². The van der Waals surface area contributed by atoms with Crippen molar-refractivity contribution in [2.24, 2.45) is 5.92 Å². The molecule has 1 aromatic carbocycles. The number of rotatable bonds is 4. The molecule has 1 aliphatic carbocycles. The molecule has 0 aromatic heterocycles. The summed E-state index contributed by atoms with van der Waals surface area (Å²) in [6, 6.07) is 6.01. The van der Waals surface area contributed by atoms with Crippen molar-refractivity contribution in [3.8, 4) is 5.75 Å². The van der Waals surface area contributed by atoms with Crippen LogP contribution in [0.3, 0.4) is 0 Å². The van der Waals surface area contributed by atoms with Crippen molar-refractivity contribution in [3.63, 3.8) is 0 Å². The van der Waals surface area contributed by atoms with Crippen LogP contribution in [-0.4, -0.2) is 30.5 Å². The molecule has 88 valence electrons. The maximum absolute atomic E-state index is 9.38. The van der Waals surface area contributed by atoms with Crippen molar-refractivity contribution >= 4 is 0 Å². The lowest BCUT2D eigenvalue weighted by molar-refractivity contribution is 0.190. The van der Waals surface area contributed by atoms with Crippen LogP contribution >= 0.6 is 0 Å².